The number of primary amides is 1. The number of H-pyrrole nitrogens is 1. The van der Waals surface area contributed by atoms with Crippen molar-refractivity contribution >= 4 is 148 Å². The average molecular weight is 2230 g/mol. The molecule has 147 heavy (non-hydrogen) atoms. The number of halogens is 2. The number of phenols is 7. The van der Waals surface area contributed by atoms with Gasteiger partial charge in [-0.1, -0.05) is 50.8 Å². The standard InChI is InChI=1S/C20H21N3O5S.C20H19N3O4S.C11H9NO2S.2C10H9NO4.C10H15N.C9H11NO3.C7H7NO4.C3H3Cl.Cs.FH.H3N.Na.H2O/c1-4-11-8-13(16(25)9-15(11)24)19(26)22-23-20(29)21-14-5-6-17(27-3)18-12(14)7-10(2)28-18;1-4-11-8-13(16(25)9-15(11)24)19-21-22-20(28)23(19)14-5-6-17(26-3)18-12(14)7-10(2)27-18;1-7-5-8-9(12-6-15)3-4-10(13-2)11(8)14-7;1-6-5-7-8(11(12)13)3-4-9(14-2)10(7)15-6;1-3-6-15-10-7-8(11(12)13)4-5-9(10)14-2;1-3-11(4-2)10-8-6-5-7-9-10;1-2-5-3-6(9(10)13)8(12)4-7(5)11;1-12-7-3-2-5(8(10)11)4-6(7)9;1-2-3-4;;;;;/h5-9,24-25H,4H2,1-3H3,(H,22,26)(H2,21,23,29);5-9,24-25H,4H2,1-3H3,(H,22,28);2*3-5H,1-2H3;1,4-5,7H,6H2,2H3;5-9H,3-4H2,1-2H3;3-4,11-12H,2H2,1H3,(H2,10,13);2-4,9H,1H3;1H,3H2;;1H;1H3;;1H2/q;;;;;;;;;+1;;;+1;/p-2. The minimum absolute atomic E-state index is 0. The van der Waals surface area contributed by atoms with Crippen LogP contribution in [0.15, 0.2) is 199 Å². The molecule has 0 saturated carbocycles. The molecule has 10 aromatic carbocycles. The van der Waals surface area contributed by atoms with Crippen molar-refractivity contribution < 1.29 is 220 Å². The Hall–Kier alpha value is -14.3. The predicted molar refractivity (Wildman–Crippen MR) is 557 cm³/mol. The number of nitrogens with zero attached hydrogens (tertiary/aromatic N) is 7. The van der Waals surface area contributed by atoms with Crippen LogP contribution in [0, 0.1) is 87.5 Å². The number of isothiocyanates is 1. The van der Waals surface area contributed by atoms with Crippen molar-refractivity contribution in [1.29, 1.82) is 0 Å². The Morgan fingerprint density at radius 2 is 0.966 bits per heavy atom. The number of nitro benzene ring substituents is 3. The third-order valence-corrected chi connectivity index (χ3v) is 20.9. The van der Waals surface area contributed by atoms with Crippen molar-refractivity contribution in [3.8, 4) is 122 Å². The number of nitrogens with two attached hydrogens (primary N) is 1. The smallest absolute Gasteiger partial charge is 1.00 e. The largest absolute Gasteiger partial charge is 1.00 e. The molecular formula is C100H107ClCsFN13NaO27S3. The summed E-state index contributed by atoms with van der Waals surface area (Å²) in [6.45, 7) is 19.5. The van der Waals surface area contributed by atoms with Gasteiger partial charge in [-0.05, 0) is 223 Å². The first-order valence-electron chi connectivity index (χ1n) is 42.6. The minimum Gasteiger partial charge on any atom is -1.00 e. The second-order valence-corrected chi connectivity index (χ2v) is 30.5. The number of hydrogen-bond acceptors (Lipinski definition) is 34. The van der Waals surface area contributed by atoms with Crippen molar-refractivity contribution in [3.05, 3.63) is 262 Å². The van der Waals surface area contributed by atoms with Gasteiger partial charge in [-0.15, -0.1) is 24.4 Å². The van der Waals surface area contributed by atoms with Gasteiger partial charge < -0.3 is 119 Å². The van der Waals surface area contributed by atoms with Crippen molar-refractivity contribution in [3.63, 3.8) is 0 Å². The van der Waals surface area contributed by atoms with Crippen molar-refractivity contribution in [2.45, 2.75) is 81.6 Å². The number of anilines is 2. The molecule has 0 spiro atoms. The van der Waals surface area contributed by atoms with Crippen LogP contribution in [0.5, 0.6) is 80.5 Å². The summed E-state index contributed by atoms with van der Waals surface area (Å²) in [6, 6.07) is 47.4. The first kappa shape index (κ1) is 129. The number of methoxy groups -OCH3 is 6. The summed E-state index contributed by atoms with van der Waals surface area (Å²) in [4.78, 5) is 59.4. The Balaban J connectivity index is 0.000000576. The SMILES string of the molecule is C#CCCl.C#CCOc1cc([N+](=O)[O-])ccc1OC.CCN(CC)c1ccccc1.CCc1cc(-c2n[nH]c(=S)n2-c2ccc(OC)c3oc(C)cc23)c(O)cc1O.CCc1cc(C(=O)NNC(=S)Nc2ccc(OC)c3oc(C)cc23)c(O)cc1O.CCc1cc(C(N)=O)c(O)cc1O.COc1ccc(N=C=S)c2cc(C)oc12.COc1ccc([N+](=O)[O-])c2cc(C)oc12.COc1ccc([N+](=O)[O-])cc1O.N.[Cs+].[F-].[Na+].[OH-]. The Labute approximate surface area is 944 Å². The number of carbonyl (C=O) groups is 2. The van der Waals surface area contributed by atoms with Gasteiger partial charge in [0.1, 0.15) is 69.5 Å². The number of carbonyl (C=O) groups excluding carboxylic acids is 2. The van der Waals surface area contributed by atoms with Gasteiger partial charge in [-0.3, -0.25) is 60.4 Å². The van der Waals surface area contributed by atoms with E-state index in [0.29, 0.717) is 132 Å². The summed E-state index contributed by atoms with van der Waals surface area (Å²) in [5.74, 6) is 9.14. The van der Waals surface area contributed by atoms with E-state index in [9.17, 15) is 70.6 Å². The van der Waals surface area contributed by atoms with Gasteiger partial charge in [-0.25, -0.2) is 0 Å². The minimum atomic E-state index is -0.702. The van der Waals surface area contributed by atoms with E-state index in [2.05, 4.69) is 110 Å². The molecule has 0 aliphatic rings. The first-order chi connectivity index (χ1) is 67.8. The van der Waals surface area contributed by atoms with Crippen LogP contribution in [0.3, 0.4) is 0 Å². The van der Waals surface area contributed by atoms with Crippen LogP contribution in [0.1, 0.15) is 95.1 Å². The van der Waals surface area contributed by atoms with E-state index in [1.54, 1.807) is 69.2 Å². The summed E-state index contributed by atoms with van der Waals surface area (Å²) in [7, 11) is 9.07. The summed E-state index contributed by atoms with van der Waals surface area (Å²) in [5.41, 5.74) is 18.0. The van der Waals surface area contributed by atoms with Crippen molar-refractivity contribution in [1.82, 2.24) is 31.8 Å². The Bertz CT molecular complexity index is 7140. The van der Waals surface area contributed by atoms with Gasteiger partial charge in [0.2, 0.25) is 0 Å². The summed E-state index contributed by atoms with van der Waals surface area (Å²) in [5, 5.41) is 115. The number of benzene rings is 10. The molecule has 0 aliphatic carbocycles. The molecule has 0 unspecified atom stereocenters. The van der Waals surface area contributed by atoms with Crippen LogP contribution in [-0.4, -0.2) is 161 Å². The number of phenolic OH excluding ortho intramolecular Hbond substituents is 6. The molecule has 17 N–H and O–H groups in total. The first-order valence-corrected chi connectivity index (χ1v) is 44.3. The number of hydrazine groups is 1. The van der Waals surface area contributed by atoms with Gasteiger partial charge in [0.15, 0.2) is 84.0 Å². The van der Waals surface area contributed by atoms with Gasteiger partial charge in [0, 0.05) is 65.9 Å². The normalized spacial score (nSPS) is 9.76. The number of non-ortho nitro benzene ring substituents is 3. The maximum absolute atomic E-state index is 12.4. The van der Waals surface area contributed by atoms with E-state index in [1.165, 1.54) is 87.7 Å². The topological polar surface area (TPSA) is 599 Å². The summed E-state index contributed by atoms with van der Waals surface area (Å²) in [6.07, 6.45) is 11.4. The van der Waals surface area contributed by atoms with E-state index in [4.69, 9.17) is 104 Å². The molecule has 5 aromatic heterocycles. The van der Waals surface area contributed by atoms with E-state index < -0.39 is 26.6 Å². The molecule has 5 heterocycles. The zero-order chi connectivity index (χ0) is 105. The molecule has 2 amide bonds. The number of amides is 2. The molecule has 0 atom stereocenters. The predicted octanol–water partition coefficient (Wildman–Crippen LogP) is 12.2. The number of nitrogens with one attached hydrogen (secondary N) is 4. The molecule has 15 aromatic rings. The molecule has 40 nitrogen and oxygen atoms in total. The van der Waals surface area contributed by atoms with E-state index in [1.807, 2.05) is 77.9 Å². The molecule has 0 bridgehead atoms. The number of alkyl halides is 1. The number of para-hydroxylation sites is 1. The maximum atomic E-state index is 12.4. The summed E-state index contributed by atoms with van der Waals surface area (Å²) >= 11 is 20.2. The quantitative estimate of drug-likeness (QED) is 0.00538. The van der Waals surface area contributed by atoms with Gasteiger partial charge in [0.25, 0.3) is 28.9 Å². The van der Waals surface area contributed by atoms with Crippen molar-refractivity contribution in [2.75, 3.05) is 78.5 Å². The molecule has 0 radical (unpaired) electrons. The molecule has 47 heteroatoms. The number of terminal acetylenes is 2. The number of furan rings is 4. The number of aromatic nitrogens is 3. The number of hydrogen-bond donors (Lipinski definition) is 13. The van der Waals surface area contributed by atoms with Crippen LogP contribution >= 0.6 is 48.3 Å². The fourth-order valence-electron chi connectivity index (χ4n) is 13.4. The van der Waals surface area contributed by atoms with Gasteiger partial charge in [0.05, 0.1) is 120 Å². The van der Waals surface area contributed by atoms with Gasteiger partial charge >= 0.3 is 98.5 Å². The van der Waals surface area contributed by atoms with Crippen LogP contribution < -0.4 is 169 Å². The zero-order valence-electron chi connectivity index (χ0n) is 83.1. The third-order valence-electron chi connectivity index (χ3n) is 20.2. The number of aromatic amines is 1. The molecular weight excluding hydrogens is 2120 g/mol. The fraction of sp³-hybridized carbons (Fsp3) is 0.220. The van der Waals surface area contributed by atoms with Crippen LogP contribution in [-0.2, 0) is 19.3 Å². The molecule has 0 fully saturated rings. The molecule has 0 aliphatic heterocycles. The van der Waals surface area contributed by atoms with Crippen LogP contribution in [0.2, 0.25) is 0 Å². The van der Waals surface area contributed by atoms with Gasteiger partial charge in [-0.2, -0.15) is 10.1 Å². The second-order valence-electron chi connectivity index (χ2n) is 29.2. The fourth-order valence-corrected chi connectivity index (χ4v) is 13.9. The average Bonchev–Trinajstić information content (AvgIpc) is 1.60. The van der Waals surface area contributed by atoms with E-state index in [0.717, 1.165) is 70.3 Å². The number of nitro groups is 3. The van der Waals surface area contributed by atoms with E-state index >= 15 is 0 Å². The Morgan fingerprint density at radius 3 is 1.44 bits per heavy atom. The summed E-state index contributed by atoms with van der Waals surface area (Å²) < 4.78 is 60.2. The number of fused-ring (bicyclic) bond motifs is 4. The molecule has 768 valence electrons. The number of thiocarbonyl (C=S) groups is 2. The number of aromatic hydroxyl groups is 7. The second kappa shape index (κ2) is 63.2. The number of aliphatic imine (C=N–C) groups is 1. The molecule has 15 rings (SSSR count). The van der Waals surface area contributed by atoms with Crippen LogP contribution in [0.4, 0.5) is 34.1 Å². The van der Waals surface area contributed by atoms with E-state index in [-0.39, 0.29) is 206 Å². The van der Waals surface area contributed by atoms with Crippen molar-refractivity contribution in [2.24, 2.45) is 10.7 Å². The third kappa shape index (κ3) is 35.0. The maximum Gasteiger partial charge on any atom is 1.00 e. The number of rotatable bonds is 23. The Kier molecular flexibility index (Phi) is 55.3. The zero-order valence-corrected chi connectivity index (χ0v) is 94.6. The monoisotopic (exact) mass is 2230 g/mol. The Morgan fingerprint density at radius 1 is 0.537 bits per heavy atom. The molecule has 0 saturated heterocycles. The number of ether oxygens (including phenoxy) is 7. The van der Waals surface area contributed by atoms with Crippen LogP contribution in [0.25, 0.3) is 61.0 Å². The number of aryl methyl sites for hydroxylation is 7.